The number of carbonyl (C=O) groups is 1. The van der Waals surface area contributed by atoms with Crippen LogP contribution in [0.25, 0.3) is 10.9 Å². The standard InChI is InChI=1S/C12H11N5OS/c13-12-16-9(6-19-12)4-11(18)15-8-1-2-10-7(3-8)5-14-17-10/h1-3,5-6H,4H2,(H2,13,16)(H,14,17)(H,15,18). The molecule has 19 heavy (non-hydrogen) atoms. The molecule has 7 heteroatoms. The Morgan fingerprint density at radius 2 is 2.37 bits per heavy atom. The molecule has 1 aromatic carbocycles. The molecule has 0 fully saturated rings. The highest BCUT2D eigenvalue weighted by molar-refractivity contribution is 7.13. The Balaban J connectivity index is 1.71. The van der Waals surface area contributed by atoms with Crippen molar-refractivity contribution in [3.8, 4) is 0 Å². The number of nitrogens with one attached hydrogen (secondary N) is 2. The highest BCUT2D eigenvalue weighted by Crippen LogP contribution is 2.17. The number of nitrogens with two attached hydrogens (primary N) is 1. The van der Waals surface area contributed by atoms with Gasteiger partial charge in [-0.15, -0.1) is 11.3 Å². The van der Waals surface area contributed by atoms with Crippen LogP contribution < -0.4 is 11.1 Å². The number of aromatic nitrogens is 3. The Labute approximate surface area is 112 Å². The first-order valence-electron chi connectivity index (χ1n) is 5.63. The third-order valence-corrected chi connectivity index (χ3v) is 3.36. The van der Waals surface area contributed by atoms with Gasteiger partial charge in [0.15, 0.2) is 5.13 Å². The molecule has 2 heterocycles. The van der Waals surface area contributed by atoms with Gasteiger partial charge >= 0.3 is 0 Å². The van der Waals surface area contributed by atoms with Crippen molar-refractivity contribution in [3.63, 3.8) is 0 Å². The number of benzene rings is 1. The number of aromatic amines is 1. The summed E-state index contributed by atoms with van der Waals surface area (Å²) < 4.78 is 0. The quantitative estimate of drug-likeness (QED) is 0.677. The number of anilines is 2. The van der Waals surface area contributed by atoms with E-state index in [9.17, 15) is 4.79 Å². The van der Waals surface area contributed by atoms with Crippen LogP contribution >= 0.6 is 11.3 Å². The summed E-state index contributed by atoms with van der Waals surface area (Å²) in [6.45, 7) is 0. The van der Waals surface area contributed by atoms with Crippen molar-refractivity contribution in [1.82, 2.24) is 15.2 Å². The molecular weight excluding hydrogens is 262 g/mol. The first-order chi connectivity index (χ1) is 9.20. The Morgan fingerprint density at radius 1 is 1.47 bits per heavy atom. The zero-order valence-electron chi connectivity index (χ0n) is 9.88. The lowest BCUT2D eigenvalue weighted by Gasteiger charge is -2.03. The number of hydrogen-bond acceptors (Lipinski definition) is 5. The first-order valence-corrected chi connectivity index (χ1v) is 6.51. The van der Waals surface area contributed by atoms with E-state index in [-0.39, 0.29) is 12.3 Å². The summed E-state index contributed by atoms with van der Waals surface area (Å²) in [6.07, 6.45) is 1.93. The van der Waals surface area contributed by atoms with E-state index in [0.717, 1.165) is 16.6 Å². The fourth-order valence-corrected chi connectivity index (χ4v) is 2.36. The van der Waals surface area contributed by atoms with E-state index in [2.05, 4.69) is 20.5 Å². The summed E-state index contributed by atoms with van der Waals surface area (Å²) in [5.74, 6) is -0.117. The smallest absolute Gasteiger partial charge is 0.230 e. The van der Waals surface area contributed by atoms with Crippen LogP contribution in [0.2, 0.25) is 0 Å². The van der Waals surface area contributed by atoms with Gasteiger partial charge in [-0.3, -0.25) is 9.89 Å². The molecule has 0 spiro atoms. The fraction of sp³-hybridized carbons (Fsp3) is 0.0833. The summed E-state index contributed by atoms with van der Waals surface area (Å²) in [4.78, 5) is 15.9. The monoisotopic (exact) mass is 273 g/mol. The average molecular weight is 273 g/mol. The number of H-pyrrole nitrogens is 1. The molecule has 2 aromatic heterocycles. The van der Waals surface area contributed by atoms with Crippen LogP contribution in [-0.2, 0) is 11.2 Å². The van der Waals surface area contributed by atoms with Gasteiger partial charge in [0.2, 0.25) is 5.91 Å². The van der Waals surface area contributed by atoms with Crippen molar-refractivity contribution >= 4 is 39.0 Å². The molecular formula is C12H11N5OS. The maximum Gasteiger partial charge on any atom is 0.230 e. The van der Waals surface area contributed by atoms with Crippen molar-refractivity contribution in [1.29, 1.82) is 0 Å². The summed E-state index contributed by atoms with van der Waals surface area (Å²) in [5.41, 5.74) is 7.88. The molecule has 0 atom stereocenters. The maximum absolute atomic E-state index is 11.9. The maximum atomic E-state index is 11.9. The minimum Gasteiger partial charge on any atom is -0.375 e. The highest BCUT2D eigenvalue weighted by atomic mass is 32.1. The molecule has 1 amide bonds. The normalized spacial score (nSPS) is 10.7. The molecule has 96 valence electrons. The second-order valence-electron chi connectivity index (χ2n) is 4.07. The van der Waals surface area contributed by atoms with Crippen molar-refractivity contribution in [2.45, 2.75) is 6.42 Å². The van der Waals surface area contributed by atoms with Crippen LogP contribution in [-0.4, -0.2) is 21.1 Å². The Hall–Kier alpha value is -2.41. The van der Waals surface area contributed by atoms with Crippen LogP contribution in [0.5, 0.6) is 0 Å². The molecule has 0 aliphatic carbocycles. The van der Waals surface area contributed by atoms with E-state index in [1.807, 2.05) is 18.2 Å². The van der Waals surface area contributed by atoms with Crippen molar-refractivity contribution in [2.24, 2.45) is 0 Å². The molecule has 6 nitrogen and oxygen atoms in total. The van der Waals surface area contributed by atoms with Gasteiger partial charge < -0.3 is 11.1 Å². The predicted molar refractivity (Wildman–Crippen MR) is 75.0 cm³/mol. The van der Waals surface area contributed by atoms with E-state index in [0.29, 0.717) is 10.8 Å². The first kappa shape index (κ1) is 11.7. The number of rotatable bonds is 3. The van der Waals surface area contributed by atoms with E-state index in [1.165, 1.54) is 11.3 Å². The molecule has 0 aliphatic heterocycles. The molecule has 0 radical (unpaired) electrons. The predicted octanol–water partition coefficient (Wildman–Crippen LogP) is 1.78. The summed E-state index contributed by atoms with van der Waals surface area (Å²) in [7, 11) is 0. The van der Waals surface area contributed by atoms with Crippen molar-refractivity contribution < 1.29 is 4.79 Å². The lowest BCUT2D eigenvalue weighted by atomic mass is 10.2. The third kappa shape index (κ3) is 2.55. The molecule has 0 unspecified atom stereocenters. The van der Waals surface area contributed by atoms with E-state index in [4.69, 9.17) is 5.73 Å². The largest absolute Gasteiger partial charge is 0.375 e. The average Bonchev–Trinajstić information content (AvgIpc) is 2.97. The molecule has 0 saturated carbocycles. The summed E-state index contributed by atoms with van der Waals surface area (Å²) in [5, 5.41) is 12.8. The number of fused-ring (bicyclic) bond motifs is 1. The van der Waals surface area contributed by atoms with Gasteiger partial charge in [0.25, 0.3) is 0 Å². The zero-order valence-corrected chi connectivity index (χ0v) is 10.7. The molecule has 0 bridgehead atoms. The molecule has 0 saturated heterocycles. The van der Waals surface area contributed by atoms with Crippen LogP contribution in [0.1, 0.15) is 5.69 Å². The topological polar surface area (TPSA) is 96.7 Å². The lowest BCUT2D eigenvalue weighted by Crippen LogP contribution is -2.14. The number of thiazole rings is 1. The summed E-state index contributed by atoms with van der Waals surface area (Å²) in [6, 6.07) is 5.57. The zero-order chi connectivity index (χ0) is 13.2. The summed E-state index contributed by atoms with van der Waals surface area (Å²) >= 11 is 1.33. The van der Waals surface area contributed by atoms with Gasteiger partial charge in [-0.1, -0.05) is 0 Å². The second kappa shape index (κ2) is 4.69. The number of carbonyl (C=O) groups excluding carboxylic acids is 1. The molecule has 3 rings (SSSR count). The Morgan fingerprint density at radius 3 is 3.16 bits per heavy atom. The molecule has 3 aromatic rings. The van der Waals surface area contributed by atoms with E-state index in [1.54, 1.807) is 11.6 Å². The van der Waals surface area contributed by atoms with Gasteiger partial charge in [0.1, 0.15) is 0 Å². The number of hydrogen-bond donors (Lipinski definition) is 3. The lowest BCUT2D eigenvalue weighted by molar-refractivity contribution is -0.115. The van der Waals surface area contributed by atoms with Crippen LogP contribution in [0, 0.1) is 0 Å². The molecule has 4 N–H and O–H groups in total. The van der Waals surface area contributed by atoms with Crippen LogP contribution in [0.4, 0.5) is 10.8 Å². The van der Waals surface area contributed by atoms with E-state index >= 15 is 0 Å². The Kier molecular flexibility index (Phi) is 2.88. The minimum absolute atomic E-state index is 0.117. The number of nitrogen functional groups attached to an aromatic ring is 1. The van der Waals surface area contributed by atoms with Gasteiger partial charge in [0, 0.05) is 16.5 Å². The van der Waals surface area contributed by atoms with Gasteiger partial charge in [-0.05, 0) is 18.2 Å². The molecule has 0 aliphatic rings. The van der Waals surface area contributed by atoms with Crippen LogP contribution in [0.15, 0.2) is 29.8 Å². The van der Waals surface area contributed by atoms with E-state index < -0.39 is 0 Å². The van der Waals surface area contributed by atoms with Crippen LogP contribution in [0.3, 0.4) is 0 Å². The fourth-order valence-electron chi connectivity index (χ4n) is 1.79. The highest BCUT2D eigenvalue weighted by Gasteiger charge is 2.07. The van der Waals surface area contributed by atoms with Crippen molar-refractivity contribution in [3.05, 3.63) is 35.5 Å². The van der Waals surface area contributed by atoms with Gasteiger partial charge in [-0.25, -0.2) is 4.98 Å². The second-order valence-corrected chi connectivity index (χ2v) is 4.96. The number of nitrogens with zero attached hydrogens (tertiary/aromatic N) is 2. The number of amides is 1. The Bertz CT molecular complexity index is 732. The van der Waals surface area contributed by atoms with Gasteiger partial charge in [-0.2, -0.15) is 5.10 Å². The third-order valence-electron chi connectivity index (χ3n) is 2.64. The van der Waals surface area contributed by atoms with Gasteiger partial charge in [0.05, 0.1) is 23.8 Å². The SMILES string of the molecule is Nc1nc(CC(=O)Nc2ccc3[nH]ncc3c2)cs1. The minimum atomic E-state index is -0.117. The van der Waals surface area contributed by atoms with Crippen molar-refractivity contribution in [2.75, 3.05) is 11.1 Å².